The average Bonchev–Trinajstić information content (AvgIpc) is 3.13. The van der Waals surface area contributed by atoms with Crippen LogP contribution in [-0.2, 0) is 18.6 Å². The van der Waals surface area contributed by atoms with E-state index in [-0.39, 0.29) is 5.56 Å². The Labute approximate surface area is 188 Å². The van der Waals surface area contributed by atoms with Crippen LogP contribution in [0.15, 0.2) is 58.5 Å². The molecule has 3 nitrogen and oxygen atoms in total. The van der Waals surface area contributed by atoms with Gasteiger partial charge in [-0.05, 0) is 68.0 Å². The Balaban J connectivity index is 1.65. The number of thioether (sulfide) groups is 1. The molecule has 0 radical (unpaired) electrons. The third-order valence-electron chi connectivity index (χ3n) is 5.53. The fourth-order valence-electron chi connectivity index (χ4n) is 3.93. The first-order chi connectivity index (χ1) is 14.6. The third kappa shape index (κ3) is 3.70. The third-order valence-corrected chi connectivity index (χ3v) is 7.98. The van der Waals surface area contributed by atoms with Crippen molar-refractivity contribution in [3.05, 3.63) is 85.5 Å². The van der Waals surface area contributed by atoms with Crippen molar-refractivity contribution in [1.29, 1.82) is 0 Å². The van der Waals surface area contributed by atoms with E-state index < -0.39 is 0 Å². The van der Waals surface area contributed by atoms with Gasteiger partial charge in [0.1, 0.15) is 4.83 Å². The average molecular weight is 453 g/mol. The van der Waals surface area contributed by atoms with Crippen molar-refractivity contribution in [1.82, 2.24) is 9.55 Å². The minimum absolute atomic E-state index is 0.0353. The number of hydrogen-bond acceptors (Lipinski definition) is 4. The fraction of sp³-hybridized carbons (Fsp3) is 0.250. The first kappa shape index (κ1) is 19.9. The molecule has 6 heteroatoms. The number of aryl methyl sites for hydroxylation is 3. The van der Waals surface area contributed by atoms with Gasteiger partial charge in [0, 0.05) is 15.7 Å². The maximum Gasteiger partial charge on any atom is 0.267 e. The van der Waals surface area contributed by atoms with Gasteiger partial charge in [-0.1, -0.05) is 53.2 Å². The molecule has 0 aliphatic heterocycles. The van der Waals surface area contributed by atoms with Crippen molar-refractivity contribution in [2.45, 2.75) is 43.5 Å². The van der Waals surface area contributed by atoms with Crippen molar-refractivity contribution in [2.24, 2.45) is 0 Å². The van der Waals surface area contributed by atoms with Crippen LogP contribution in [0, 0.1) is 6.92 Å². The van der Waals surface area contributed by atoms with Crippen molar-refractivity contribution in [3.63, 3.8) is 0 Å². The molecule has 2 heterocycles. The lowest BCUT2D eigenvalue weighted by molar-refractivity contribution is 0.699. The van der Waals surface area contributed by atoms with Gasteiger partial charge in [0.15, 0.2) is 5.16 Å². The Morgan fingerprint density at radius 2 is 1.80 bits per heavy atom. The second-order valence-corrected chi connectivity index (χ2v) is 10.1. The fourth-order valence-corrected chi connectivity index (χ4v) is 6.33. The normalized spacial score (nSPS) is 13.5. The van der Waals surface area contributed by atoms with Crippen LogP contribution in [-0.4, -0.2) is 9.55 Å². The van der Waals surface area contributed by atoms with Crippen LogP contribution in [0.25, 0.3) is 15.9 Å². The molecule has 0 atom stereocenters. The number of nitrogens with zero attached hydrogens (tertiary/aromatic N) is 2. The summed E-state index contributed by atoms with van der Waals surface area (Å²) in [7, 11) is 0. The maximum atomic E-state index is 13.7. The SMILES string of the molecule is Cc1ccc(CSc2nc3sc4c(c3c(=O)n2-c2ccc(Cl)cc2)CCCC4)cc1. The Hall–Kier alpha value is -2.08. The van der Waals surface area contributed by atoms with Gasteiger partial charge in [0.05, 0.1) is 11.1 Å². The largest absolute Gasteiger partial charge is 0.268 e. The summed E-state index contributed by atoms with van der Waals surface area (Å²) in [6.45, 7) is 2.09. The molecule has 0 unspecified atom stereocenters. The monoisotopic (exact) mass is 452 g/mol. The van der Waals surface area contributed by atoms with Crippen molar-refractivity contribution in [3.8, 4) is 5.69 Å². The molecule has 0 bridgehead atoms. The summed E-state index contributed by atoms with van der Waals surface area (Å²) < 4.78 is 1.76. The lowest BCUT2D eigenvalue weighted by Gasteiger charge is -2.14. The number of aromatic nitrogens is 2. The van der Waals surface area contributed by atoms with E-state index in [0.29, 0.717) is 5.02 Å². The first-order valence-corrected chi connectivity index (χ1v) is 12.3. The number of hydrogen-bond donors (Lipinski definition) is 0. The molecule has 2 aromatic heterocycles. The number of fused-ring (bicyclic) bond motifs is 3. The van der Waals surface area contributed by atoms with Gasteiger partial charge >= 0.3 is 0 Å². The van der Waals surface area contributed by atoms with Crippen LogP contribution in [0.5, 0.6) is 0 Å². The molecule has 152 valence electrons. The molecule has 5 rings (SSSR count). The van der Waals surface area contributed by atoms with E-state index in [4.69, 9.17) is 16.6 Å². The Kier molecular flexibility index (Phi) is 5.44. The Morgan fingerprint density at radius 3 is 2.57 bits per heavy atom. The molecule has 30 heavy (non-hydrogen) atoms. The molecule has 2 aromatic carbocycles. The zero-order valence-electron chi connectivity index (χ0n) is 16.7. The van der Waals surface area contributed by atoms with Gasteiger partial charge in [0.2, 0.25) is 0 Å². The van der Waals surface area contributed by atoms with E-state index in [0.717, 1.165) is 46.1 Å². The molecule has 0 saturated carbocycles. The van der Waals surface area contributed by atoms with Crippen molar-refractivity contribution in [2.75, 3.05) is 0 Å². The van der Waals surface area contributed by atoms with E-state index >= 15 is 0 Å². The van der Waals surface area contributed by atoms with Crippen LogP contribution in [0.2, 0.25) is 5.02 Å². The summed E-state index contributed by atoms with van der Waals surface area (Å²) in [5.41, 5.74) is 4.52. The quantitative estimate of drug-likeness (QED) is 0.259. The number of halogens is 1. The predicted molar refractivity (Wildman–Crippen MR) is 128 cm³/mol. The number of rotatable bonds is 4. The highest BCUT2D eigenvalue weighted by Crippen LogP contribution is 2.35. The molecule has 0 spiro atoms. The van der Waals surface area contributed by atoms with E-state index in [1.807, 2.05) is 24.3 Å². The second-order valence-electron chi connectivity index (χ2n) is 7.68. The summed E-state index contributed by atoms with van der Waals surface area (Å²) in [6.07, 6.45) is 4.37. The zero-order valence-corrected chi connectivity index (χ0v) is 19.0. The van der Waals surface area contributed by atoms with E-state index in [1.165, 1.54) is 28.0 Å². The topological polar surface area (TPSA) is 34.9 Å². The minimum Gasteiger partial charge on any atom is -0.268 e. The van der Waals surface area contributed by atoms with Crippen LogP contribution in [0.3, 0.4) is 0 Å². The van der Waals surface area contributed by atoms with Crippen LogP contribution < -0.4 is 5.56 Å². The Bertz CT molecular complexity index is 1270. The molecular formula is C24H21ClN2OS2. The van der Waals surface area contributed by atoms with Gasteiger partial charge < -0.3 is 0 Å². The molecule has 4 aromatic rings. The van der Waals surface area contributed by atoms with Gasteiger partial charge in [0.25, 0.3) is 5.56 Å². The second kappa shape index (κ2) is 8.22. The molecule has 0 amide bonds. The summed E-state index contributed by atoms with van der Waals surface area (Å²) in [4.78, 5) is 20.9. The van der Waals surface area contributed by atoms with Gasteiger partial charge in [-0.25, -0.2) is 4.98 Å². The number of benzene rings is 2. The van der Waals surface area contributed by atoms with E-state index in [2.05, 4.69) is 31.2 Å². The molecular weight excluding hydrogens is 432 g/mol. The smallest absolute Gasteiger partial charge is 0.267 e. The number of thiophene rings is 1. The van der Waals surface area contributed by atoms with Crippen LogP contribution in [0.1, 0.15) is 34.4 Å². The highest BCUT2D eigenvalue weighted by Gasteiger charge is 2.23. The molecule has 1 aliphatic carbocycles. The molecule has 0 fully saturated rings. The maximum absolute atomic E-state index is 13.7. The van der Waals surface area contributed by atoms with E-state index in [1.54, 1.807) is 27.7 Å². The molecule has 1 aliphatic rings. The summed E-state index contributed by atoms with van der Waals surface area (Å²) in [5, 5.41) is 2.20. The highest BCUT2D eigenvalue weighted by molar-refractivity contribution is 7.98. The van der Waals surface area contributed by atoms with Gasteiger partial charge in [-0.3, -0.25) is 9.36 Å². The minimum atomic E-state index is 0.0353. The zero-order chi connectivity index (χ0) is 20.7. The predicted octanol–water partition coefficient (Wildman–Crippen LogP) is 6.58. The molecule has 0 saturated heterocycles. The van der Waals surface area contributed by atoms with Gasteiger partial charge in [-0.15, -0.1) is 11.3 Å². The van der Waals surface area contributed by atoms with Crippen LogP contribution >= 0.6 is 34.7 Å². The summed E-state index contributed by atoms with van der Waals surface area (Å²) in [5.74, 6) is 0.761. The van der Waals surface area contributed by atoms with Crippen LogP contribution in [0.4, 0.5) is 0 Å². The van der Waals surface area contributed by atoms with E-state index in [9.17, 15) is 4.79 Å². The highest BCUT2D eigenvalue weighted by atomic mass is 35.5. The lowest BCUT2D eigenvalue weighted by atomic mass is 9.97. The van der Waals surface area contributed by atoms with Gasteiger partial charge in [-0.2, -0.15) is 0 Å². The first-order valence-electron chi connectivity index (χ1n) is 10.1. The van der Waals surface area contributed by atoms with Crippen molar-refractivity contribution < 1.29 is 0 Å². The Morgan fingerprint density at radius 1 is 1.07 bits per heavy atom. The lowest BCUT2D eigenvalue weighted by Crippen LogP contribution is -2.22. The standard InChI is InChI=1S/C24H21ClN2OS2/c1-15-6-8-16(9-7-15)14-29-24-26-22-21(19-4-2-3-5-20(19)30-22)23(28)27(24)18-12-10-17(25)11-13-18/h6-13H,2-5,14H2,1H3. The summed E-state index contributed by atoms with van der Waals surface area (Å²) in [6, 6.07) is 15.9. The summed E-state index contributed by atoms with van der Waals surface area (Å²) >= 11 is 9.40. The van der Waals surface area contributed by atoms with Crippen molar-refractivity contribution >= 4 is 44.9 Å². The molecule has 0 N–H and O–H groups in total.